The molecule has 3 N–H and O–H groups in total. The van der Waals surface area contributed by atoms with E-state index in [9.17, 15) is 20.2 Å². The predicted molar refractivity (Wildman–Crippen MR) is 122 cm³/mol. The van der Waals surface area contributed by atoms with Gasteiger partial charge in [-0.25, -0.2) is 4.79 Å². The van der Waals surface area contributed by atoms with Crippen LogP contribution in [-0.2, 0) is 23.1 Å². The van der Waals surface area contributed by atoms with Crippen molar-refractivity contribution in [3.63, 3.8) is 0 Å². The van der Waals surface area contributed by atoms with Gasteiger partial charge < -0.3 is 9.30 Å². The topological polar surface area (TPSA) is 136 Å². The summed E-state index contributed by atoms with van der Waals surface area (Å²) in [5.74, 6) is -0.653. The summed E-state index contributed by atoms with van der Waals surface area (Å²) in [6.45, 7) is 2.03. The number of ether oxygens (including phenoxy) is 1. The number of nitriles is 1. The monoisotopic (exact) mass is 499 g/mol. The minimum Gasteiger partial charge on any atom is -0.463 e. The molecule has 0 radical (unpaired) electrons. The largest absolute Gasteiger partial charge is 0.463 e. The van der Waals surface area contributed by atoms with E-state index in [1.165, 1.54) is 18.2 Å². The normalized spacial score (nSPS) is 19.8. The van der Waals surface area contributed by atoms with Gasteiger partial charge in [0.25, 0.3) is 0 Å². The molecule has 2 atom stereocenters. The lowest BCUT2D eigenvalue weighted by Gasteiger charge is -2.31. The van der Waals surface area contributed by atoms with Gasteiger partial charge in [-0.2, -0.15) is 5.26 Å². The minimum atomic E-state index is -1.99. The van der Waals surface area contributed by atoms with E-state index in [-0.39, 0.29) is 18.7 Å². The molecule has 1 aromatic carbocycles. The SMILES string of the molecule is CCOC(=O)C1=CC=CC(N)([N+](=O)[O-])C1NCc1ccc(-c2c(C#N)cn(C)c2Br)cc1. The van der Waals surface area contributed by atoms with E-state index < -0.39 is 22.6 Å². The van der Waals surface area contributed by atoms with E-state index >= 15 is 0 Å². The zero-order chi connectivity index (χ0) is 23.5. The number of esters is 1. The number of hydrogen-bond donors (Lipinski definition) is 2. The van der Waals surface area contributed by atoms with Crippen molar-refractivity contribution in [3.05, 3.63) is 80.1 Å². The number of nitrogens with zero attached hydrogens (tertiary/aromatic N) is 3. The fourth-order valence-corrected chi connectivity index (χ4v) is 4.10. The highest BCUT2D eigenvalue weighted by atomic mass is 79.9. The molecule has 0 aliphatic heterocycles. The Balaban J connectivity index is 1.83. The zero-order valence-electron chi connectivity index (χ0n) is 17.5. The van der Waals surface area contributed by atoms with Crippen molar-refractivity contribution in [1.82, 2.24) is 9.88 Å². The number of benzene rings is 1. The van der Waals surface area contributed by atoms with Crippen LogP contribution in [0.25, 0.3) is 11.1 Å². The summed E-state index contributed by atoms with van der Waals surface area (Å²) < 4.78 is 7.65. The van der Waals surface area contributed by atoms with Crippen LogP contribution in [0.3, 0.4) is 0 Å². The molecule has 0 spiro atoms. The Bertz CT molecular complexity index is 1150. The van der Waals surface area contributed by atoms with E-state index in [2.05, 4.69) is 27.3 Å². The molecule has 0 amide bonds. The molecule has 10 heteroatoms. The lowest BCUT2D eigenvalue weighted by Crippen LogP contribution is -2.63. The van der Waals surface area contributed by atoms with Gasteiger partial charge in [0.15, 0.2) is 0 Å². The number of carbonyl (C=O) groups excluding carboxylic acids is 1. The predicted octanol–water partition coefficient (Wildman–Crippen LogP) is 2.78. The van der Waals surface area contributed by atoms with E-state index in [1.54, 1.807) is 13.1 Å². The number of aromatic nitrogens is 1. The maximum absolute atomic E-state index is 12.4. The van der Waals surface area contributed by atoms with Crippen molar-refractivity contribution in [2.45, 2.75) is 25.2 Å². The number of rotatable bonds is 7. The van der Waals surface area contributed by atoms with E-state index in [0.717, 1.165) is 21.3 Å². The average Bonchev–Trinajstić information content (AvgIpc) is 3.06. The van der Waals surface area contributed by atoms with Gasteiger partial charge in [-0.1, -0.05) is 30.3 Å². The van der Waals surface area contributed by atoms with Crippen LogP contribution in [0, 0.1) is 21.4 Å². The van der Waals surface area contributed by atoms with Gasteiger partial charge in [0.1, 0.15) is 12.1 Å². The smallest absolute Gasteiger partial charge is 0.335 e. The van der Waals surface area contributed by atoms with Crippen molar-refractivity contribution in [3.8, 4) is 17.2 Å². The third-order valence-corrected chi connectivity index (χ3v) is 6.18. The first-order chi connectivity index (χ1) is 15.2. The molecular formula is C22H22BrN5O4. The first kappa shape index (κ1) is 23.4. The molecule has 0 bridgehead atoms. The Morgan fingerprint density at radius 2 is 2.12 bits per heavy atom. The van der Waals surface area contributed by atoms with Crippen molar-refractivity contribution < 1.29 is 14.5 Å². The van der Waals surface area contributed by atoms with E-state index in [4.69, 9.17) is 10.5 Å². The second-order valence-corrected chi connectivity index (χ2v) is 8.04. The number of allylic oxidation sites excluding steroid dienone is 2. The second-order valence-electron chi connectivity index (χ2n) is 7.29. The van der Waals surface area contributed by atoms with Crippen LogP contribution in [-0.4, -0.2) is 33.8 Å². The molecule has 2 aromatic rings. The van der Waals surface area contributed by atoms with E-state index in [1.807, 2.05) is 35.9 Å². The molecule has 3 rings (SSSR count). The van der Waals surface area contributed by atoms with Crippen LogP contribution in [0.15, 0.2) is 58.9 Å². The Morgan fingerprint density at radius 3 is 2.72 bits per heavy atom. The first-order valence-corrected chi connectivity index (χ1v) is 10.6. The molecule has 2 unspecified atom stereocenters. The number of nitro groups is 1. The molecule has 166 valence electrons. The van der Waals surface area contributed by atoms with Gasteiger partial charge in [-0.3, -0.25) is 21.2 Å². The summed E-state index contributed by atoms with van der Waals surface area (Å²) >= 11 is 3.50. The third kappa shape index (κ3) is 4.36. The fourth-order valence-electron chi connectivity index (χ4n) is 3.56. The molecular weight excluding hydrogens is 478 g/mol. The van der Waals surface area contributed by atoms with Crippen LogP contribution in [0.5, 0.6) is 0 Å². The Labute approximate surface area is 193 Å². The Hall–Kier alpha value is -3.26. The molecule has 0 saturated heterocycles. The number of halogens is 1. The molecule has 1 aliphatic rings. The van der Waals surface area contributed by atoms with Crippen molar-refractivity contribution in [2.24, 2.45) is 12.8 Å². The van der Waals surface area contributed by atoms with Crippen molar-refractivity contribution in [2.75, 3.05) is 6.61 Å². The Kier molecular flexibility index (Phi) is 6.93. The molecule has 32 heavy (non-hydrogen) atoms. The van der Waals surface area contributed by atoms with Gasteiger partial charge in [0.05, 0.1) is 22.3 Å². The molecule has 1 aromatic heterocycles. The van der Waals surface area contributed by atoms with Crippen LogP contribution in [0.1, 0.15) is 18.1 Å². The van der Waals surface area contributed by atoms with Gasteiger partial charge in [-0.05, 0) is 40.1 Å². The number of nitrogens with two attached hydrogens (primary N) is 1. The standard InChI is InChI=1S/C22H22BrN5O4/c1-3-32-21(29)17-5-4-10-22(25,28(30)31)19(17)26-12-14-6-8-15(9-7-14)18-16(11-24)13-27(2)20(18)23/h4-10,13,19,26H,3,12,25H2,1-2H3. The number of nitrogens with one attached hydrogen (secondary N) is 1. The molecule has 0 fully saturated rings. The highest BCUT2D eigenvalue weighted by Crippen LogP contribution is 2.33. The fraction of sp³-hybridized carbons (Fsp3) is 0.273. The van der Waals surface area contributed by atoms with Crippen LogP contribution >= 0.6 is 15.9 Å². The summed E-state index contributed by atoms with van der Waals surface area (Å²) in [5.41, 5.74) is 7.15. The highest BCUT2D eigenvalue weighted by Gasteiger charge is 2.49. The lowest BCUT2D eigenvalue weighted by atomic mass is 9.89. The summed E-state index contributed by atoms with van der Waals surface area (Å²) in [6, 6.07) is 8.54. The average molecular weight is 500 g/mol. The highest BCUT2D eigenvalue weighted by molar-refractivity contribution is 9.10. The van der Waals surface area contributed by atoms with Crippen LogP contribution in [0.2, 0.25) is 0 Å². The maximum atomic E-state index is 12.4. The second kappa shape index (κ2) is 9.48. The van der Waals surface area contributed by atoms with E-state index in [0.29, 0.717) is 5.56 Å². The van der Waals surface area contributed by atoms with Gasteiger partial charge in [-0.15, -0.1) is 0 Å². The van der Waals surface area contributed by atoms with Crippen LogP contribution in [0.4, 0.5) is 0 Å². The van der Waals surface area contributed by atoms with Gasteiger partial charge in [0.2, 0.25) is 0 Å². The molecule has 1 aliphatic carbocycles. The summed E-state index contributed by atoms with van der Waals surface area (Å²) in [4.78, 5) is 23.4. The summed E-state index contributed by atoms with van der Waals surface area (Å²) in [5, 5.41) is 24.1. The quantitative estimate of drug-likeness (QED) is 0.258. The van der Waals surface area contributed by atoms with Gasteiger partial charge in [0, 0.05) is 36.4 Å². The minimum absolute atomic E-state index is 0.0945. The number of carbonyl (C=O) groups is 1. The summed E-state index contributed by atoms with van der Waals surface area (Å²) in [7, 11) is 1.84. The van der Waals surface area contributed by atoms with Crippen molar-refractivity contribution in [1.29, 1.82) is 5.26 Å². The molecule has 9 nitrogen and oxygen atoms in total. The zero-order valence-corrected chi connectivity index (χ0v) is 19.1. The van der Waals surface area contributed by atoms with Crippen LogP contribution < -0.4 is 11.1 Å². The Morgan fingerprint density at radius 1 is 1.44 bits per heavy atom. The maximum Gasteiger partial charge on any atom is 0.335 e. The number of aryl methyl sites for hydroxylation is 1. The lowest BCUT2D eigenvalue weighted by molar-refractivity contribution is -0.557. The van der Waals surface area contributed by atoms with Gasteiger partial charge >= 0.3 is 11.6 Å². The molecule has 0 saturated carbocycles. The van der Waals surface area contributed by atoms with Crippen molar-refractivity contribution >= 4 is 21.9 Å². The summed E-state index contributed by atoms with van der Waals surface area (Å²) in [6.07, 6.45) is 5.87. The first-order valence-electron chi connectivity index (χ1n) is 9.80. The third-order valence-electron chi connectivity index (χ3n) is 5.22. The number of hydrogen-bond acceptors (Lipinski definition) is 7. The molecule has 1 heterocycles.